The fraction of sp³-hybridized carbons (Fsp3) is 0.333. The highest BCUT2D eigenvalue weighted by Crippen LogP contribution is 2.52. The van der Waals surface area contributed by atoms with Gasteiger partial charge in [0.2, 0.25) is 11.8 Å². The summed E-state index contributed by atoms with van der Waals surface area (Å²) in [5.74, 6) is -0.0450. The van der Waals surface area contributed by atoms with Crippen molar-refractivity contribution in [3.63, 3.8) is 0 Å². The average Bonchev–Trinajstić information content (AvgIpc) is 3.62. The normalized spacial score (nSPS) is 28.1. The van der Waals surface area contributed by atoms with Crippen LogP contribution in [0.1, 0.15) is 5.56 Å². The highest BCUT2D eigenvalue weighted by atomic mass is 16.6. The molecule has 35 heavy (non-hydrogen) atoms. The molecule has 8 heteroatoms. The Kier molecular flexibility index (Phi) is 4.48. The SMILES string of the molecule is O=C(Nc1ccc2c(c1)OCCO2)[C@H]1[C@H]2C(=O)N(CCc3c[nH]c4ccccc34)C[C@@]23C=C[C@H]1O3. The van der Waals surface area contributed by atoms with Crippen LogP contribution in [0.4, 0.5) is 5.69 Å². The predicted molar refractivity (Wildman–Crippen MR) is 128 cm³/mol. The zero-order valence-corrected chi connectivity index (χ0v) is 19.0. The van der Waals surface area contributed by atoms with E-state index < -0.39 is 23.5 Å². The summed E-state index contributed by atoms with van der Waals surface area (Å²) in [5, 5.41) is 4.15. The highest BCUT2D eigenvalue weighted by molar-refractivity contribution is 5.99. The number of para-hydroxylation sites is 1. The molecular formula is C27H25N3O5. The standard InChI is InChI=1S/C27H25N3O5/c31-25(29-17-5-6-20-22(13-17)34-12-11-33-20)23-21-7-9-27(35-21)15-30(26(32)24(23)27)10-8-16-14-28-19-4-2-1-3-18(16)19/h1-7,9,13-14,21,23-24,28H,8,10-12,15H2,(H,29,31)/t21-,23-,24+,27+/m1/s1. The van der Waals surface area contributed by atoms with Gasteiger partial charge >= 0.3 is 0 Å². The molecule has 0 unspecified atom stereocenters. The summed E-state index contributed by atoms with van der Waals surface area (Å²) in [6.45, 7) is 2.03. The number of fused-ring (bicyclic) bond motifs is 3. The summed E-state index contributed by atoms with van der Waals surface area (Å²) in [6.07, 6.45) is 6.27. The van der Waals surface area contributed by atoms with Crippen molar-refractivity contribution in [1.82, 2.24) is 9.88 Å². The van der Waals surface area contributed by atoms with Gasteiger partial charge < -0.3 is 29.4 Å². The Morgan fingerprint density at radius 2 is 2.00 bits per heavy atom. The Balaban J connectivity index is 1.09. The van der Waals surface area contributed by atoms with Crippen LogP contribution in [-0.4, -0.2) is 59.7 Å². The van der Waals surface area contributed by atoms with Gasteiger partial charge in [-0.2, -0.15) is 0 Å². The summed E-state index contributed by atoms with van der Waals surface area (Å²) in [6, 6.07) is 13.5. The van der Waals surface area contributed by atoms with Gasteiger partial charge in [-0.15, -0.1) is 0 Å². The lowest BCUT2D eigenvalue weighted by Crippen LogP contribution is -2.41. The number of anilines is 1. The van der Waals surface area contributed by atoms with Crippen molar-refractivity contribution in [3.8, 4) is 11.5 Å². The van der Waals surface area contributed by atoms with E-state index in [1.54, 1.807) is 18.2 Å². The smallest absolute Gasteiger partial charge is 0.231 e. The lowest BCUT2D eigenvalue weighted by atomic mass is 9.77. The van der Waals surface area contributed by atoms with Gasteiger partial charge in [0.25, 0.3) is 0 Å². The molecule has 2 fully saturated rings. The summed E-state index contributed by atoms with van der Waals surface area (Å²) < 4.78 is 17.5. The van der Waals surface area contributed by atoms with E-state index in [1.807, 2.05) is 41.4 Å². The Labute approximate surface area is 201 Å². The van der Waals surface area contributed by atoms with Crippen LogP contribution in [0.25, 0.3) is 10.9 Å². The fourth-order valence-electron chi connectivity index (χ4n) is 6.01. The maximum atomic E-state index is 13.5. The van der Waals surface area contributed by atoms with Crippen LogP contribution in [0.2, 0.25) is 0 Å². The van der Waals surface area contributed by atoms with Crippen LogP contribution in [0.3, 0.4) is 0 Å². The number of hydrogen-bond acceptors (Lipinski definition) is 5. The minimum Gasteiger partial charge on any atom is -0.486 e. The summed E-state index contributed by atoms with van der Waals surface area (Å²) >= 11 is 0. The van der Waals surface area contributed by atoms with E-state index >= 15 is 0 Å². The van der Waals surface area contributed by atoms with E-state index in [1.165, 1.54) is 10.9 Å². The van der Waals surface area contributed by atoms with Crippen LogP contribution in [0.5, 0.6) is 11.5 Å². The molecule has 2 saturated heterocycles. The second-order valence-electron chi connectivity index (χ2n) is 9.62. The van der Waals surface area contributed by atoms with Crippen LogP contribution in [-0.2, 0) is 20.7 Å². The van der Waals surface area contributed by atoms with Gasteiger partial charge in [0.15, 0.2) is 11.5 Å². The number of benzene rings is 2. The first-order valence-corrected chi connectivity index (χ1v) is 12.0. The monoisotopic (exact) mass is 471 g/mol. The number of aromatic amines is 1. The van der Waals surface area contributed by atoms with Gasteiger partial charge in [-0.25, -0.2) is 0 Å². The zero-order chi connectivity index (χ0) is 23.6. The number of nitrogens with one attached hydrogen (secondary N) is 2. The summed E-state index contributed by atoms with van der Waals surface area (Å²) in [5.41, 5.74) is 2.15. The predicted octanol–water partition coefficient (Wildman–Crippen LogP) is 2.90. The van der Waals surface area contributed by atoms with E-state index in [0.29, 0.717) is 43.5 Å². The summed E-state index contributed by atoms with van der Waals surface area (Å²) in [4.78, 5) is 32.1. The van der Waals surface area contributed by atoms with Gasteiger partial charge in [-0.1, -0.05) is 30.4 Å². The van der Waals surface area contributed by atoms with Crippen LogP contribution in [0, 0.1) is 11.8 Å². The van der Waals surface area contributed by atoms with Gasteiger partial charge in [0.1, 0.15) is 18.8 Å². The Morgan fingerprint density at radius 3 is 2.91 bits per heavy atom. The van der Waals surface area contributed by atoms with Crippen LogP contribution < -0.4 is 14.8 Å². The number of ether oxygens (including phenoxy) is 3. The molecule has 2 N–H and O–H groups in total. The molecule has 4 atom stereocenters. The van der Waals surface area contributed by atoms with Gasteiger partial charge in [0.05, 0.1) is 24.5 Å². The van der Waals surface area contributed by atoms with E-state index in [0.717, 1.165) is 11.9 Å². The largest absolute Gasteiger partial charge is 0.486 e. The van der Waals surface area contributed by atoms with Gasteiger partial charge in [-0.3, -0.25) is 9.59 Å². The molecule has 8 nitrogen and oxygen atoms in total. The minimum atomic E-state index is -0.725. The second-order valence-corrected chi connectivity index (χ2v) is 9.62. The first-order valence-electron chi connectivity index (χ1n) is 12.0. The third-order valence-electron chi connectivity index (χ3n) is 7.62. The molecule has 2 bridgehead atoms. The molecule has 0 saturated carbocycles. The molecule has 1 aromatic heterocycles. The van der Waals surface area contributed by atoms with Crippen molar-refractivity contribution >= 4 is 28.4 Å². The molecule has 178 valence electrons. The maximum Gasteiger partial charge on any atom is 0.231 e. The van der Waals surface area contributed by atoms with E-state index in [4.69, 9.17) is 14.2 Å². The number of carbonyl (C=O) groups excluding carboxylic acids is 2. The number of carbonyl (C=O) groups is 2. The lowest BCUT2D eigenvalue weighted by Gasteiger charge is -2.24. The van der Waals surface area contributed by atoms with E-state index in [9.17, 15) is 9.59 Å². The number of hydrogen-bond donors (Lipinski definition) is 2. The molecular weight excluding hydrogens is 446 g/mol. The van der Waals surface area contributed by atoms with Crippen LogP contribution >= 0.6 is 0 Å². The van der Waals surface area contributed by atoms with Gasteiger partial charge in [0, 0.05) is 35.4 Å². The number of amides is 2. The fourth-order valence-corrected chi connectivity index (χ4v) is 6.01. The van der Waals surface area contributed by atoms with Crippen molar-refractivity contribution in [2.45, 2.75) is 18.1 Å². The first-order chi connectivity index (χ1) is 17.1. The minimum absolute atomic E-state index is 0.0148. The quantitative estimate of drug-likeness (QED) is 0.559. The van der Waals surface area contributed by atoms with Crippen molar-refractivity contribution in [2.24, 2.45) is 11.8 Å². The van der Waals surface area contributed by atoms with Crippen molar-refractivity contribution in [3.05, 3.63) is 66.4 Å². The second kappa shape index (κ2) is 7.61. The number of nitrogens with zero attached hydrogens (tertiary/aromatic N) is 1. The lowest BCUT2D eigenvalue weighted by molar-refractivity contribution is -0.135. The molecule has 3 aromatic rings. The molecule has 7 rings (SSSR count). The summed E-state index contributed by atoms with van der Waals surface area (Å²) in [7, 11) is 0. The molecule has 0 aliphatic carbocycles. The zero-order valence-electron chi connectivity index (χ0n) is 19.0. The number of rotatable bonds is 5. The third kappa shape index (κ3) is 3.16. The molecule has 0 radical (unpaired) electrons. The van der Waals surface area contributed by atoms with E-state index in [2.05, 4.69) is 16.4 Å². The Bertz CT molecular complexity index is 1380. The van der Waals surface area contributed by atoms with E-state index in [-0.39, 0.29) is 11.8 Å². The number of H-pyrrole nitrogens is 1. The van der Waals surface area contributed by atoms with Crippen molar-refractivity contribution in [1.29, 1.82) is 0 Å². The van der Waals surface area contributed by atoms with Crippen LogP contribution in [0.15, 0.2) is 60.8 Å². The molecule has 1 spiro atoms. The molecule has 2 aromatic carbocycles. The third-order valence-corrected chi connectivity index (χ3v) is 7.62. The maximum absolute atomic E-state index is 13.5. The number of likely N-dealkylation sites (tertiary alicyclic amines) is 1. The van der Waals surface area contributed by atoms with Gasteiger partial charge in [-0.05, 0) is 30.2 Å². The Morgan fingerprint density at radius 1 is 1.14 bits per heavy atom. The molecule has 4 aliphatic rings. The molecule has 5 heterocycles. The molecule has 2 amide bonds. The Hall–Kier alpha value is -3.78. The highest BCUT2D eigenvalue weighted by Gasteiger charge is 2.66. The topological polar surface area (TPSA) is 92.9 Å². The number of aromatic nitrogens is 1. The first kappa shape index (κ1) is 20.6. The van der Waals surface area contributed by atoms with Crippen molar-refractivity contribution < 1.29 is 23.8 Å². The van der Waals surface area contributed by atoms with Crippen molar-refractivity contribution in [2.75, 3.05) is 31.6 Å². The average molecular weight is 472 g/mol. The molecule has 4 aliphatic heterocycles.